The summed E-state index contributed by atoms with van der Waals surface area (Å²) < 4.78 is 0. The number of aryl methyl sites for hydroxylation is 2. The zero-order valence-electron chi connectivity index (χ0n) is 19.6. The second kappa shape index (κ2) is 12.1. The zero-order valence-corrected chi connectivity index (χ0v) is 20.4. The summed E-state index contributed by atoms with van der Waals surface area (Å²) in [6, 6.07) is 16.1. The summed E-state index contributed by atoms with van der Waals surface area (Å²) >= 11 is 1.53. The molecule has 1 fully saturated rings. The Labute approximate surface area is 197 Å². The summed E-state index contributed by atoms with van der Waals surface area (Å²) in [4.78, 5) is 29.5. The highest BCUT2D eigenvalue weighted by Crippen LogP contribution is 2.23. The second-order valence-electron chi connectivity index (χ2n) is 8.82. The predicted octanol–water partition coefficient (Wildman–Crippen LogP) is 5.65. The molecule has 0 saturated heterocycles. The quantitative estimate of drug-likeness (QED) is 0.500. The SMILES string of the molecule is CC[C@@H](C(=O)NC1CCCCC1)N(Cc1ccccc1C)C(=O)CSc1ccc(C)cc1. The average Bonchev–Trinajstić information content (AvgIpc) is 2.80. The molecule has 0 spiro atoms. The predicted molar refractivity (Wildman–Crippen MR) is 133 cm³/mol. The molecule has 4 nitrogen and oxygen atoms in total. The normalized spacial score (nSPS) is 15.2. The van der Waals surface area contributed by atoms with Crippen molar-refractivity contribution in [2.24, 2.45) is 0 Å². The van der Waals surface area contributed by atoms with Crippen molar-refractivity contribution in [1.82, 2.24) is 10.2 Å². The molecule has 5 heteroatoms. The van der Waals surface area contributed by atoms with E-state index in [1.807, 2.05) is 31.2 Å². The van der Waals surface area contributed by atoms with Crippen molar-refractivity contribution in [2.45, 2.75) is 82.8 Å². The first-order chi connectivity index (χ1) is 15.5. The molecule has 1 atom stereocenters. The average molecular weight is 453 g/mol. The summed E-state index contributed by atoms with van der Waals surface area (Å²) in [7, 11) is 0. The maximum atomic E-state index is 13.4. The molecule has 0 aromatic heterocycles. The lowest BCUT2D eigenvalue weighted by molar-refractivity contribution is -0.139. The number of hydrogen-bond donors (Lipinski definition) is 1. The summed E-state index contributed by atoms with van der Waals surface area (Å²) in [5.41, 5.74) is 3.43. The van der Waals surface area contributed by atoms with E-state index in [0.29, 0.717) is 18.7 Å². The van der Waals surface area contributed by atoms with Crippen molar-refractivity contribution in [3.05, 3.63) is 65.2 Å². The van der Waals surface area contributed by atoms with Gasteiger partial charge in [-0.25, -0.2) is 0 Å². The van der Waals surface area contributed by atoms with Gasteiger partial charge in [0.25, 0.3) is 0 Å². The number of rotatable bonds is 9. The van der Waals surface area contributed by atoms with Crippen LogP contribution in [0.3, 0.4) is 0 Å². The van der Waals surface area contributed by atoms with Crippen LogP contribution in [0.15, 0.2) is 53.4 Å². The highest BCUT2D eigenvalue weighted by Gasteiger charge is 2.30. The smallest absolute Gasteiger partial charge is 0.243 e. The first-order valence-electron chi connectivity index (χ1n) is 11.8. The number of carbonyl (C=O) groups is 2. The van der Waals surface area contributed by atoms with E-state index in [1.165, 1.54) is 36.6 Å². The Balaban J connectivity index is 1.75. The van der Waals surface area contributed by atoms with Crippen molar-refractivity contribution in [2.75, 3.05) is 5.75 Å². The molecule has 0 radical (unpaired) electrons. The Morgan fingerprint density at radius 1 is 1.03 bits per heavy atom. The summed E-state index contributed by atoms with van der Waals surface area (Å²) in [5, 5.41) is 3.25. The van der Waals surface area contributed by atoms with E-state index in [1.54, 1.807) is 4.90 Å². The van der Waals surface area contributed by atoms with Gasteiger partial charge >= 0.3 is 0 Å². The van der Waals surface area contributed by atoms with Crippen LogP contribution < -0.4 is 5.32 Å². The molecule has 1 aliphatic carbocycles. The largest absolute Gasteiger partial charge is 0.352 e. The third-order valence-electron chi connectivity index (χ3n) is 6.32. The summed E-state index contributed by atoms with van der Waals surface area (Å²) in [6.07, 6.45) is 6.26. The number of carbonyl (C=O) groups excluding carboxylic acids is 2. The van der Waals surface area contributed by atoms with Gasteiger partial charge in [-0.1, -0.05) is 68.1 Å². The lowest BCUT2D eigenvalue weighted by Crippen LogP contribution is -2.52. The Bertz CT molecular complexity index is 891. The second-order valence-corrected chi connectivity index (χ2v) is 9.87. The van der Waals surface area contributed by atoms with Crippen LogP contribution in [-0.2, 0) is 16.1 Å². The van der Waals surface area contributed by atoms with Crippen LogP contribution in [0.25, 0.3) is 0 Å². The van der Waals surface area contributed by atoms with Gasteiger partial charge in [-0.05, 0) is 56.4 Å². The number of nitrogens with one attached hydrogen (secondary N) is 1. The molecule has 172 valence electrons. The summed E-state index contributed by atoms with van der Waals surface area (Å²) in [6.45, 7) is 6.56. The van der Waals surface area contributed by atoms with Crippen molar-refractivity contribution in [3.8, 4) is 0 Å². The Morgan fingerprint density at radius 3 is 2.38 bits per heavy atom. The van der Waals surface area contributed by atoms with Crippen LogP contribution in [0, 0.1) is 13.8 Å². The third kappa shape index (κ3) is 6.86. The molecule has 3 rings (SSSR count). The van der Waals surface area contributed by atoms with Crippen molar-refractivity contribution in [1.29, 1.82) is 0 Å². The zero-order chi connectivity index (χ0) is 22.9. The van der Waals surface area contributed by atoms with Gasteiger partial charge in [-0.3, -0.25) is 9.59 Å². The van der Waals surface area contributed by atoms with Gasteiger partial charge in [0.15, 0.2) is 0 Å². The molecule has 2 aromatic carbocycles. The fraction of sp³-hybridized carbons (Fsp3) is 0.481. The van der Waals surface area contributed by atoms with Gasteiger partial charge in [0.1, 0.15) is 6.04 Å². The number of benzene rings is 2. The van der Waals surface area contributed by atoms with E-state index in [0.717, 1.165) is 28.9 Å². The molecule has 2 amide bonds. The minimum absolute atomic E-state index is 0.00414. The van der Waals surface area contributed by atoms with E-state index < -0.39 is 6.04 Å². The first kappa shape index (κ1) is 24.4. The van der Waals surface area contributed by atoms with E-state index in [4.69, 9.17) is 0 Å². The third-order valence-corrected chi connectivity index (χ3v) is 7.32. The first-order valence-corrected chi connectivity index (χ1v) is 12.8. The van der Waals surface area contributed by atoms with Crippen molar-refractivity contribution in [3.63, 3.8) is 0 Å². The minimum Gasteiger partial charge on any atom is -0.352 e. The maximum Gasteiger partial charge on any atom is 0.243 e. The van der Waals surface area contributed by atoms with E-state index >= 15 is 0 Å². The maximum absolute atomic E-state index is 13.4. The molecular formula is C27H36N2O2S. The van der Waals surface area contributed by atoms with Gasteiger partial charge in [0.2, 0.25) is 11.8 Å². The molecule has 0 unspecified atom stereocenters. The molecule has 0 bridgehead atoms. The van der Waals surface area contributed by atoms with E-state index in [-0.39, 0.29) is 17.9 Å². The van der Waals surface area contributed by atoms with Gasteiger partial charge < -0.3 is 10.2 Å². The van der Waals surface area contributed by atoms with Crippen molar-refractivity contribution >= 4 is 23.6 Å². The molecule has 0 aliphatic heterocycles. The molecule has 1 saturated carbocycles. The summed E-state index contributed by atoms with van der Waals surface area (Å²) in [5.74, 6) is 0.313. The van der Waals surface area contributed by atoms with Crippen LogP contribution in [0.1, 0.15) is 62.1 Å². The molecule has 0 heterocycles. The lowest BCUT2D eigenvalue weighted by atomic mass is 9.95. The van der Waals surface area contributed by atoms with Crippen LogP contribution in [0.5, 0.6) is 0 Å². The number of nitrogens with zero attached hydrogens (tertiary/aromatic N) is 1. The van der Waals surface area contributed by atoms with E-state index in [2.05, 4.69) is 43.4 Å². The van der Waals surface area contributed by atoms with Gasteiger partial charge in [-0.2, -0.15) is 0 Å². The Kier molecular flexibility index (Phi) is 9.22. The highest BCUT2D eigenvalue weighted by atomic mass is 32.2. The van der Waals surface area contributed by atoms with Gasteiger partial charge in [0, 0.05) is 17.5 Å². The van der Waals surface area contributed by atoms with Gasteiger partial charge in [0.05, 0.1) is 5.75 Å². The van der Waals surface area contributed by atoms with Crippen LogP contribution in [0.4, 0.5) is 0 Å². The molecule has 1 aliphatic rings. The monoisotopic (exact) mass is 452 g/mol. The standard InChI is InChI=1S/C27H36N2O2S/c1-4-25(27(31)28-23-12-6-5-7-13-23)29(18-22-11-9-8-10-21(22)3)26(30)19-32-24-16-14-20(2)15-17-24/h8-11,14-17,23,25H,4-7,12-13,18-19H2,1-3H3,(H,28,31)/t25-/m0/s1. The molecule has 2 aromatic rings. The van der Waals surface area contributed by atoms with E-state index in [9.17, 15) is 9.59 Å². The molecular weight excluding hydrogens is 416 g/mol. The fourth-order valence-corrected chi connectivity index (χ4v) is 5.08. The van der Waals surface area contributed by atoms with Crippen LogP contribution in [0.2, 0.25) is 0 Å². The minimum atomic E-state index is -0.456. The number of hydrogen-bond acceptors (Lipinski definition) is 3. The molecule has 32 heavy (non-hydrogen) atoms. The lowest BCUT2D eigenvalue weighted by Gasteiger charge is -2.33. The highest BCUT2D eigenvalue weighted by molar-refractivity contribution is 8.00. The van der Waals surface area contributed by atoms with Gasteiger partial charge in [-0.15, -0.1) is 11.8 Å². The van der Waals surface area contributed by atoms with Crippen LogP contribution in [-0.4, -0.2) is 34.6 Å². The Morgan fingerprint density at radius 2 is 1.72 bits per heavy atom. The number of thioether (sulfide) groups is 1. The fourth-order valence-electron chi connectivity index (χ4n) is 4.30. The molecule has 1 N–H and O–H groups in total. The topological polar surface area (TPSA) is 49.4 Å². The van der Waals surface area contributed by atoms with Crippen LogP contribution >= 0.6 is 11.8 Å². The van der Waals surface area contributed by atoms with Crippen molar-refractivity contribution < 1.29 is 9.59 Å². The number of amides is 2. The Hall–Kier alpha value is -2.27.